The summed E-state index contributed by atoms with van der Waals surface area (Å²) in [6.45, 7) is 32.4. The van der Waals surface area contributed by atoms with Crippen LogP contribution in [0, 0.1) is 5.41 Å². The first-order valence-electron chi connectivity index (χ1n) is 11.5. The summed E-state index contributed by atoms with van der Waals surface area (Å²) in [6, 6.07) is 8.15. The van der Waals surface area contributed by atoms with Gasteiger partial charge in [0.15, 0.2) is 0 Å². The lowest BCUT2D eigenvalue weighted by molar-refractivity contribution is 0.503. The second-order valence-electron chi connectivity index (χ2n) is 9.03. The van der Waals surface area contributed by atoms with E-state index in [-0.39, 0.29) is 0 Å². The number of nitrogens with one attached hydrogen (secondary N) is 1. The fraction of sp³-hybridized carbons (Fsp3) is 0.400. The average Bonchev–Trinajstić information content (AvgIpc) is 2.70. The van der Waals surface area contributed by atoms with E-state index in [4.69, 9.17) is 12.2 Å². The molecule has 1 N–H and O–H groups in total. The maximum atomic E-state index is 5.12. The number of nitrogens with zero attached hydrogens (tertiary/aromatic N) is 1. The lowest BCUT2D eigenvalue weighted by Crippen LogP contribution is -2.07. The number of aliphatic imine (C=N–C) groups is 1. The largest absolute Gasteiger partial charge is 0.354 e. The Morgan fingerprint density at radius 3 is 1.85 bits per heavy atom. The Morgan fingerprint density at radius 2 is 1.52 bits per heavy atom. The number of allylic oxidation sites excluding steroid dienone is 5. The summed E-state index contributed by atoms with van der Waals surface area (Å²) < 4.78 is 0. The first-order valence-corrected chi connectivity index (χ1v) is 11.9. The van der Waals surface area contributed by atoms with Crippen molar-refractivity contribution in [3.63, 3.8) is 0 Å². The molecule has 0 aliphatic heterocycles. The zero-order valence-corrected chi connectivity index (χ0v) is 23.5. The summed E-state index contributed by atoms with van der Waals surface area (Å²) in [4.78, 5) is 5.34. The van der Waals surface area contributed by atoms with Crippen LogP contribution < -0.4 is 5.32 Å². The van der Waals surface area contributed by atoms with Crippen molar-refractivity contribution in [2.45, 2.75) is 75.7 Å². The van der Waals surface area contributed by atoms with Crippen LogP contribution in [0.1, 0.15) is 74.8 Å². The van der Waals surface area contributed by atoms with E-state index in [1.807, 2.05) is 53.7 Å². The van der Waals surface area contributed by atoms with Crippen LogP contribution in [0.5, 0.6) is 0 Å². The Morgan fingerprint density at radius 1 is 1.00 bits per heavy atom. The Hall–Kier alpha value is -2.52. The minimum Gasteiger partial charge on any atom is -0.354 e. The van der Waals surface area contributed by atoms with Gasteiger partial charge in [-0.15, -0.1) is 0 Å². The van der Waals surface area contributed by atoms with Crippen LogP contribution in [0.3, 0.4) is 0 Å². The molecule has 0 amide bonds. The van der Waals surface area contributed by atoms with E-state index in [0.717, 1.165) is 39.5 Å². The summed E-state index contributed by atoms with van der Waals surface area (Å²) in [5, 5.41) is 3.24. The van der Waals surface area contributed by atoms with Crippen molar-refractivity contribution in [3.05, 3.63) is 90.3 Å². The van der Waals surface area contributed by atoms with Crippen molar-refractivity contribution >= 4 is 28.5 Å². The van der Waals surface area contributed by atoms with Gasteiger partial charge in [-0.25, -0.2) is 0 Å². The first-order chi connectivity index (χ1) is 15.3. The fourth-order valence-electron chi connectivity index (χ4n) is 2.27. The monoisotopic (exact) mass is 466 g/mol. The Labute approximate surface area is 210 Å². The highest BCUT2D eigenvalue weighted by Gasteiger charge is 2.11. The van der Waals surface area contributed by atoms with Gasteiger partial charge in [0.1, 0.15) is 0 Å². The van der Waals surface area contributed by atoms with E-state index in [9.17, 15) is 0 Å². The number of hydrogen-bond donors (Lipinski definition) is 1. The van der Waals surface area contributed by atoms with E-state index in [0.29, 0.717) is 5.41 Å². The molecule has 3 heteroatoms. The predicted molar refractivity (Wildman–Crippen MR) is 158 cm³/mol. The van der Waals surface area contributed by atoms with Crippen LogP contribution in [0.15, 0.2) is 89.8 Å². The second-order valence-corrected chi connectivity index (χ2v) is 9.72. The van der Waals surface area contributed by atoms with Gasteiger partial charge < -0.3 is 5.32 Å². The third kappa shape index (κ3) is 16.7. The van der Waals surface area contributed by atoms with Crippen molar-refractivity contribution in [2.75, 3.05) is 5.32 Å². The first kappa shape index (κ1) is 32.7. The van der Waals surface area contributed by atoms with Gasteiger partial charge in [-0.05, 0) is 68.7 Å². The highest BCUT2D eigenvalue weighted by molar-refractivity contribution is 7.80. The standard InChI is InChI=1S/C18H22N2S.C10H18.C2H6/c1-6-18(19-12-13(2)3)15(5)20-17-9-7-16(8-10-17)11-14(4)21;1-8(2)7-9(3)10(4,5)6;1-2/h6-10,12,20H,1,5,11H2,2-4H3;7H,1H2,2-6H3;1-2H3/b;9-7+;. The minimum absolute atomic E-state index is 0.291. The van der Waals surface area contributed by atoms with Gasteiger partial charge in [-0.2, -0.15) is 0 Å². The molecule has 0 atom stereocenters. The van der Waals surface area contributed by atoms with Gasteiger partial charge in [0.2, 0.25) is 0 Å². The van der Waals surface area contributed by atoms with E-state index >= 15 is 0 Å². The molecule has 0 aromatic heterocycles. The molecule has 1 aromatic rings. The highest BCUT2D eigenvalue weighted by atomic mass is 32.1. The normalized spacial score (nSPS) is 11.1. The molecule has 0 heterocycles. The van der Waals surface area contributed by atoms with Crippen LogP contribution in [0.4, 0.5) is 5.69 Å². The summed E-state index contributed by atoms with van der Waals surface area (Å²) >= 11 is 5.12. The Bertz CT molecular complexity index is 869. The van der Waals surface area contributed by atoms with Crippen molar-refractivity contribution in [2.24, 2.45) is 10.4 Å². The van der Waals surface area contributed by atoms with Gasteiger partial charge in [-0.1, -0.05) is 102 Å². The third-order valence-electron chi connectivity index (χ3n) is 4.31. The molecular weight excluding hydrogens is 420 g/mol. The Balaban J connectivity index is 0. The summed E-state index contributed by atoms with van der Waals surface area (Å²) in [5.74, 6) is 0. The summed E-state index contributed by atoms with van der Waals surface area (Å²) in [7, 11) is 0. The zero-order chi connectivity index (χ0) is 26.2. The van der Waals surface area contributed by atoms with Crippen molar-refractivity contribution in [1.82, 2.24) is 0 Å². The molecule has 0 unspecified atom stereocenters. The molecule has 0 aliphatic carbocycles. The van der Waals surface area contributed by atoms with Gasteiger partial charge in [-0.3, -0.25) is 4.99 Å². The average molecular weight is 467 g/mol. The number of anilines is 1. The maximum Gasteiger partial charge on any atom is 0.0852 e. The lowest BCUT2D eigenvalue weighted by Gasteiger charge is -2.19. The summed E-state index contributed by atoms with van der Waals surface area (Å²) in [5.41, 5.74) is 7.57. The smallest absolute Gasteiger partial charge is 0.0852 e. The predicted octanol–water partition coefficient (Wildman–Crippen LogP) is 9.68. The number of thiocarbonyl (C=S) groups is 1. The van der Waals surface area contributed by atoms with E-state index in [1.165, 1.54) is 11.1 Å². The molecule has 1 rings (SSSR count). The molecule has 33 heavy (non-hydrogen) atoms. The summed E-state index contributed by atoms with van der Waals surface area (Å²) in [6.07, 6.45) is 6.46. The SMILES string of the molecule is C=C(C)/C=C(\C)C(C)(C)C.C=CC(=NC=C(C)C)C(=C)Nc1ccc(CC(C)=S)cc1.CC. The van der Waals surface area contributed by atoms with Gasteiger partial charge in [0.25, 0.3) is 0 Å². The van der Waals surface area contributed by atoms with Crippen molar-refractivity contribution in [1.29, 1.82) is 0 Å². The molecule has 1 aromatic carbocycles. The number of hydrogen-bond acceptors (Lipinski definition) is 3. The third-order valence-corrected chi connectivity index (χ3v) is 4.46. The zero-order valence-electron chi connectivity index (χ0n) is 22.7. The van der Waals surface area contributed by atoms with E-state index < -0.39 is 0 Å². The molecular formula is C30H46N2S. The van der Waals surface area contributed by atoms with E-state index in [1.54, 1.807) is 12.3 Å². The number of benzene rings is 1. The molecule has 0 saturated carbocycles. The van der Waals surface area contributed by atoms with Gasteiger partial charge in [0.05, 0.1) is 11.4 Å². The molecule has 2 nitrogen and oxygen atoms in total. The molecule has 0 radical (unpaired) electrons. The van der Waals surface area contributed by atoms with Crippen LogP contribution in [-0.4, -0.2) is 10.6 Å². The Kier molecular flexibility index (Phi) is 16.8. The topological polar surface area (TPSA) is 24.4 Å². The van der Waals surface area contributed by atoms with Crippen molar-refractivity contribution < 1.29 is 0 Å². The molecule has 182 valence electrons. The molecule has 0 bridgehead atoms. The highest BCUT2D eigenvalue weighted by Crippen LogP contribution is 2.25. The lowest BCUT2D eigenvalue weighted by atomic mass is 9.87. The molecule has 0 saturated heterocycles. The molecule has 0 spiro atoms. The number of rotatable bonds is 8. The van der Waals surface area contributed by atoms with E-state index in [2.05, 4.69) is 75.9 Å². The van der Waals surface area contributed by atoms with Crippen LogP contribution >= 0.6 is 12.2 Å². The fourth-order valence-corrected chi connectivity index (χ4v) is 2.44. The van der Waals surface area contributed by atoms with Gasteiger partial charge in [0, 0.05) is 18.3 Å². The van der Waals surface area contributed by atoms with Crippen LogP contribution in [0.2, 0.25) is 0 Å². The quantitative estimate of drug-likeness (QED) is 0.234. The molecule has 0 fully saturated rings. The molecule has 0 aliphatic rings. The maximum absolute atomic E-state index is 5.12. The van der Waals surface area contributed by atoms with Gasteiger partial charge >= 0.3 is 0 Å². The second kappa shape index (κ2) is 17.0. The van der Waals surface area contributed by atoms with Crippen LogP contribution in [-0.2, 0) is 6.42 Å². The van der Waals surface area contributed by atoms with Crippen molar-refractivity contribution in [3.8, 4) is 0 Å². The van der Waals surface area contributed by atoms with Crippen LogP contribution in [0.25, 0.3) is 0 Å². The minimum atomic E-state index is 0.291.